The lowest BCUT2D eigenvalue weighted by Gasteiger charge is -2.07. The van der Waals surface area contributed by atoms with Crippen molar-refractivity contribution in [2.45, 2.75) is 51.2 Å². The number of aliphatic hydroxyl groups excluding tert-OH is 1. The molecule has 2 unspecified atom stereocenters. The molecule has 0 spiro atoms. The van der Waals surface area contributed by atoms with Gasteiger partial charge in [-0.15, -0.1) is 13.2 Å². The lowest BCUT2D eigenvalue weighted by Crippen LogP contribution is -2.15. The standard InChI is InChI=1S/C9H16O3.C6H10O/c1-3-5-6-8(10)7-9(11)12-4-2;1-2-3-4-6-5-7-6/h3,8,10H,1,4-7H2,2H3;2,6H,1,3-5H2. The highest BCUT2D eigenvalue weighted by atomic mass is 16.6. The van der Waals surface area contributed by atoms with E-state index in [-0.39, 0.29) is 12.4 Å². The second kappa shape index (κ2) is 11.9. The Morgan fingerprint density at radius 1 is 1.47 bits per heavy atom. The number of epoxide rings is 1. The molecule has 1 saturated heterocycles. The van der Waals surface area contributed by atoms with Gasteiger partial charge in [-0.25, -0.2) is 0 Å². The fourth-order valence-corrected chi connectivity index (χ4v) is 1.36. The summed E-state index contributed by atoms with van der Waals surface area (Å²) < 4.78 is 9.63. The molecule has 1 fully saturated rings. The molecular weight excluding hydrogens is 244 g/mol. The molecule has 1 aliphatic rings. The Kier molecular flexibility index (Phi) is 11.2. The summed E-state index contributed by atoms with van der Waals surface area (Å²) in [6, 6.07) is 0. The summed E-state index contributed by atoms with van der Waals surface area (Å²) in [7, 11) is 0. The van der Waals surface area contributed by atoms with Gasteiger partial charge in [-0.1, -0.05) is 12.2 Å². The molecule has 0 radical (unpaired) electrons. The number of ether oxygens (including phenoxy) is 2. The molecule has 0 saturated carbocycles. The zero-order chi connectivity index (χ0) is 14.5. The Bertz CT molecular complexity index is 259. The third kappa shape index (κ3) is 13.1. The maximum absolute atomic E-state index is 10.8. The topological polar surface area (TPSA) is 59.1 Å². The van der Waals surface area contributed by atoms with Crippen molar-refractivity contribution in [1.82, 2.24) is 0 Å². The zero-order valence-electron chi connectivity index (χ0n) is 11.8. The Hall–Kier alpha value is -1.13. The average Bonchev–Trinajstić information content (AvgIpc) is 3.19. The Balaban J connectivity index is 0.000000388. The van der Waals surface area contributed by atoms with E-state index in [1.54, 1.807) is 13.0 Å². The highest BCUT2D eigenvalue weighted by Crippen LogP contribution is 2.14. The van der Waals surface area contributed by atoms with Crippen LogP contribution in [0.2, 0.25) is 0 Å². The Morgan fingerprint density at radius 2 is 2.11 bits per heavy atom. The van der Waals surface area contributed by atoms with Crippen LogP contribution in [-0.4, -0.2) is 36.5 Å². The maximum atomic E-state index is 10.8. The number of hydrogen-bond acceptors (Lipinski definition) is 4. The number of allylic oxidation sites excluding steroid dienone is 2. The summed E-state index contributed by atoms with van der Waals surface area (Å²) in [5.41, 5.74) is 0. The number of aliphatic hydroxyl groups is 1. The SMILES string of the molecule is C=CCCC(O)CC(=O)OCC.C=CCCC1CO1. The largest absolute Gasteiger partial charge is 0.466 e. The van der Waals surface area contributed by atoms with Crippen molar-refractivity contribution in [3.63, 3.8) is 0 Å². The number of carbonyl (C=O) groups excluding carboxylic acids is 1. The molecule has 2 atom stereocenters. The van der Waals surface area contributed by atoms with Crippen LogP contribution in [0, 0.1) is 0 Å². The molecule has 0 aromatic carbocycles. The van der Waals surface area contributed by atoms with Crippen LogP contribution in [0.15, 0.2) is 25.3 Å². The van der Waals surface area contributed by atoms with E-state index in [1.807, 2.05) is 6.08 Å². The number of rotatable bonds is 9. The molecule has 0 aliphatic carbocycles. The third-order valence-corrected chi connectivity index (χ3v) is 2.51. The molecule has 0 bridgehead atoms. The van der Waals surface area contributed by atoms with E-state index in [0.717, 1.165) is 19.4 Å². The predicted molar refractivity (Wildman–Crippen MR) is 75.9 cm³/mol. The van der Waals surface area contributed by atoms with Crippen molar-refractivity contribution in [3.05, 3.63) is 25.3 Å². The van der Waals surface area contributed by atoms with Gasteiger partial charge in [0.15, 0.2) is 0 Å². The van der Waals surface area contributed by atoms with E-state index >= 15 is 0 Å². The van der Waals surface area contributed by atoms with Crippen LogP contribution >= 0.6 is 0 Å². The van der Waals surface area contributed by atoms with Gasteiger partial charge < -0.3 is 14.6 Å². The van der Waals surface area contributed by atoms with Gasteiger partial charge in [0, 0.05) is 0 Å². The van der Waals surface area contributed by atoms with E-state index < -0.39 is 6.10 Å². The first-order valence-corrected chi connectivity index (χ1v) is 6.81. The van der Waals surface area contributed by atoms with E-state index in [1.165, 1.54) is 6.42 Å². The summed E-state index contributed by atoms with van der Waals surface area (Å²) in [5.74, 6) is -0.339. The van der Waals surface area contributed by atoms with Crippen LogP contribution in [-0.2, 0) is 14.3 Å². The normalized spacial score (nSPS) is 17.7. The van der Waals surface area contributed by atoms with Crippen LogP contribution in [0.25, 0.3) is 0 Å². The van der Waals surface area contributed by atoms with Crippen molar-refractivity contribution in [3.8, 4) is 0 Å². The molecule has 1 aliphatic heterocycles. The lowest BCUT2D eigenvalue weighted by molar-refractivity contribution is -0.145. The molecule has 0 aromatic rings. The van der Waals surface area contributed by atoms with Gasteiger partial charge in [-0.3, -0.25) is 4.79 Å². The Labute approximate surface area is 116 Å². The number of carbonyl (C=O) groups is 1. The number of hydrogen-bond donors (Lipinski definition) is 1. The second-order valence-corrected chi connectivity index (χ2v) is 4.35. The molecule has 4 nitrogen and oxygen atoms in total. The van der Waals surface area contributed by atoms with Crippen molar-refractivity contribution in [2.75, 3.05) is 13.2 Å². The maximum Gasteiger partial charge on any atom is 0.308 e. The van der Waals surface area contributed by atoms with Crippen molar-refractivity contribution in [2.24, 2.45) is 0 Å². The van der Waals surface area contributed by atoms with Gasteiger partial charge in [-0.2, -0.15) is 0 Å². The van der Waals surface area contributed by atoms with Crippen molar-refractivity contribution < 1.29 is 19.4 Å². The molecule has 0 amide bonds. The molecule has 0 aromatic heterocycles. The monoisotopic (exact) mass is 270 g/mol. The molecule has 1 rings (SSSR count). The minimum atomic E-state index is -0.595. The molecule has 1 N–H and O–H groups in total. The first-order chi connectivity index (χ1) is 9.13. The smallest absolute Gasteiger partial charge is 0.308 e. The molecule has 4 heteroatoms. The quantitative estimate of drug-likeness (QED) is 0.397. The predicted octanol–water partition coefficient (Wildman–Crippen LogP) is 2.62. The van der Waals surface area contributed by atoms with Crippen LogP contribution < -0.4 is 0 Å². The second-order valence-electron chi connectivity index (χ2n) is 4.35. The molecular formula is C15H26O4. The summed E-state index contributed by atoms with van der Waals surface area (Å²) in [4.78, 5) is 10.8. The van der Waals surface area contributed by atoms with Crippen molar-refractivity contribution >= 4 is 5.97 Å². The van der Waals surface area contributed by atoms with Gasteiger partial charge in [0.1, 0.15) is 0 Å². The minimum absolute atomic E-state index is 0.0850. The fraction of sp³-hybridized carbons (Fsp3) is 0.667. The lowest BCUT2D eigenvalue weighted by atomic mass is 10.1. The highest BCUT2D eigenvalue weighted by Gasteiger charge is 2.20. The summed E-state index contributed by atoms with van der Waals surface area (Å²) in [6.07, 6.45) is 7.29. The summed E-state index contributed by atoms with van der Waals surface area (Å²) in [5, 5.41) is 9.23. The summed E-state index contributed by atoms with van der Waals surface area (Å²) in [6.45, 7) is 10.2. The van der Waals surface area contributed by atoms with Gasteiger partial charge in [0.2, 0.25) is 0 Å². The number of esters is 1. The molecule has 19 heavy (non-hydrogen) atoms. The molecule has 1 heterocycles. The van der Waals surface area contributed by atoms with Crippen LogP contribution in [0.5, 0.6) is 0 Å². The van der Waals surface area contributed by atoms with Crippen LogP contribution in [0.3, 0.4) is 0 Å². The van der Waals surface area contributed by atoms with Gasteiger partial charge in [0.25, 0.3) is 0 Å². The van der Waals surface area contributed by atoms with Gasteiger partial charge in [-0.05, 0) is 32.6 Å². The van der Waals surface area contributed by atoms with E-state index in [2.05, 4.69) is 17.9 Å². The Morgan fingerprint density at radius 3 is 2.58 bits per heavy atom. The van der Waals surface area contributed by atoms with Crippen molar-refractivity contribution in [1.29, 1.82) is 0 Å². The summed E-state index contributed by atoms with van der Waals surface area (Å²) >= 11 is 0. The van der Waals surface area contributed by atoms with Gasteiger partial charge in [0.05, 0.1) is 31.8 Å². The highest BCUT2D eigenvalue weighted by molar-refractivity contribution is 5.69. The average molecular weight is 270 g/mol. The third-order valence-electron chi connectivity index (χ3n) is 2.51. The van der Waals surface area contributed by atoms with Crippen LogP contribution in [0.1, 0.15) is 39.0 Å². The first kappa shape index (κ1) is 17.9. The molecule has 110 valence electrons. The van der Waals surface area contributed by atoms with Crippen LogP contribution in [0.4, 0.5) is 0 Å². The van der Waals surface area contributed by atoms with E-state index in [9.17, 15) is 9.90 Å². The van der Waals surface area contributed by atoms with Gasteiger partial charge >= 0.3 is 5.97 Å². The zero-order valence-corrected chi connectivity index (χ0v) is 11.8. The van der Waals surface area contributed by atoms with E-state index in [4.69, 9.17) is 4.74 Å². The fourth-order valence-electron chi connectivity index (χ4n) is 1.36. The van der Waals surface area contributed by atoms with E-state index in [0.29, 0.717) is 19.1 Å². The minimum Gasteiger partial charge on any atom is -0.466 e. The first-order valence-electron chi connectivity index (χ1n) is 6.81.